The predicted molar refractivity (Wildman–Crippen MR) is 85.9 cm³/mol. The number of hydrogen-bond acceptors (Lipinski definition) is 3. The lowest BCUT2D eigenvalue weighted by molar-refractivity contribution is -0.125. The number of rotatable bonds is 4. The van der Waals surface area contributed by atoms with Gasteiger partial charge in [0.25, 0.3) is 5.91 Å². The van der Waals surface area contributed by atoms with Gasteiger partial charge in [-0.1, -0.05) is 25.1 Å². The Balaban J connectivity index is 2.07. The Morgan fingerprint density at radius 1 is 1.30 bits per heavy atom. The van der Waals surface area contributed by atoms with Crippen molar-refractivity contribution in [2.75, 3.05) is 27.2 Å². The summed E-state index contributed by atoms with van der Waals surface area (Å²) in [6.45, 7) is 3.21. The van der Waals surface area contributed by atoms with Crippen LogP contribution in [0, 0.1) is 0 Å². The molecule has 6 heteroatoms. The third-order valence-corrected chi connectivity index (χ3v) is 4.38. The van der Waals surface area contributed by atoms with Gasteiger partial charge in [-0.15, -0.1) is 0 Å². The molecule has 0 fully saturated rings. The van der Waals surface area contributed by atoms with Crippen LogP contribution in [0.5, 0.6) is 5.75 Å². The Labute approximate surface area is 135 Å². The molecule has 0 aromatic heterocycles. The SMILES string of the molecule is CCCN1CC2=C(C1=O)[C@@H](c1ccccc1OC)NC(=O)N2C. The molecule has 0 radical (unpaired) electrons. The number of urea groups is 1. The van der Waals surface area contributed by atoms with Crippen LogP contribution in [0.1, 0.15) is 24.9 Å². The molecule has 0 unspecified atom stereocenters. The second-order valence-electron chi connectivity index (χ2n) is 5.77. The third kappa shape index (κ3) is 2.44. The number of benzene rings is 1. The van der Waals surface area contributed by atoms with Crippen molar-refractivity contribution in [3.63, 3.8) is 0 Å². The number of amides is 3. The standard InChI is InChI=1S/C17H21N3O3/c1-4-9-20-10-12-14(16(20)21)15(18-17(22)19(12)2)11-7-5-6-8-13(11)23-3/h5-8,15H,4,9-10H2,1-3H3,(H,18,22)/t15-/m1/s1. The van der Waals surface area contributed by atoms with Crippen LogP contribution < -0.4 is 10.1 Å². The molecular formula is C17H21N3O3. The summed E-state index contributed by atoms with van der Waals surface area (Å²) in [5.41, 5.74) is 2.23. The molecule has 2 heterocycles. The minimum absolute atomic E-state index is 0.00962. The molecule has 0 saturated heterocycles. The van der Waals surface area contributed by atoms with Crippen LogP contribution in [-0.4, -0.2) is 49.0 Å². The number of carbonyl (C=O) groups excluding carboxylic acids is 2. The summed E-state index contributed by atoms with van der Waals surface area (Å²) < 4.78 is 5.41. The maximum absolute atomic E-state index is 12.8. The van der Waals surface area contributed by atoms with Crippen molar-refractivity contribution in [3.05, 3.63) is 41.1 Å². The van der Waals surface area contributed by atoms with Crippen molar-refractivity contribution in [2.45, 2.75) is 19.4 Å². The Morgan fingerprint density at radius 2 is 2.04 bits per heavy atom. The van der Waals surface area contributed by atoms with Crippen molar-refractivity contribution < 1.29 is 14.3 Å². The van der Waals surface area contributed by atoms with Gasteiger partial charge in [0.2, 0.25) is 0 Å². The molecule has 0 spiro atoms. The van der Waals surface area contributed by atoms with E-state index in [1.54, 1.807) is 19.1 Å². The minimum Gasteiger partial charge on any atom is -0.496 e. The predicted octanol–water partition coefficient (Wildman–Crippen LogP) is 1.90. The fourth-order valence-corrected chi connectivity index (χ4v) is 3.21. The zero-order chi connectivity index (χ0) is 16.6. The first-order valence-electron chi connectivity index (χ1n) is 7.78. The van der Waals surface area contributed by atoms with Crippen molar-refractivity contribution in [2.24, 2.45) is 0 Å². The highest BCUT2D eigenvalue weighted by atomic mass is 16.5. The molecule has 2 aliphatic heterocycles. The quantitative estimate of drug-likeness (QED) is 0.923. The van der Waals surface area contributed by atoms with Gasteiger partial charge < -0.3 is 15.0 Å². The van der Waals surface area contributed by atoms with Crippen LogP contribution >= 0.6 is 0 Å². The number of nitrogens with one attached hydrogen (secondary N) is 1. The fourth-order valence-electron chi connectivity index (χ4n) is 3.21. The van der Waals surface area contributed by atoms with Crippen LogP contribution in [0.4, 0.5) is 4.79 Å². The van der Waals surface area contributed by atoms with Gasteiger partial charge in [-0.05, 0) is 12.5 Å². The molecule has 1 aromatic carbocycles. The number of hydrogen-bond donors (Lipinski definition) is 1. The van der Waals surface area contributed by atoms with E-state index in [2.05, 4.69) is 5.32 Å². The minimum atomic E-state index is -0.473. The van der Waals surface area contributed by atoms with E-state index in [1.165, 1.54) is 4.90 Å². The molecule has 6 nitrogen and oxygen atoms in total. The molecule has 2 aliphatic rings. The number of ether oxygens (including phenoxy) is 1. The molecule has 1 aromatic rings. The normalized spacial score (nSPS) is 20.7. The van der Waals surface area contributed by atoms with Gasteiger partial charge in [0, 0.05) is 19.2 Å². The van der Waals surface area contributed by atoms with Gasteiger partial charge in [0.05, 0.1) is 31.0 Å². The van der Waals surface area contributed by atoms with Crippen LogP contribution in [0.15, 0.2) is 35.5 Å². The van der Waals surface area contributed by atoms with Crippen molar-refractivity contribution in [1.29, 1.82) is 0 Å². The van der Waals surface area contributed by atoms with E-state index in [4.69, 9.17) is 4.74 Å². The number of nitrogens with zero attached hydrogens (tertiary/aromatic N) is 2. The van der Waals surface area contributed by atoms with Gasteiger partial charge in [-0.25, -0.2) is 4.79 Å². The smallest absolute Gasteiger partial charge is 0.322 e. The summed E-state index contributed by atoms with van der Waals surface area (Å²) in [5, 5.41) is 2.92. The van der Waals surface area contributed by atoms with Gasteiger partial charge >= 0.3 is 6.03 Å². The first kappa shape index (κ1) is 15.4. The van der Waals surface area contributed by atoms with Crippen LogP contribution in [0.25, 0.3) is 0 Å². The number of methoxy groups -OCH3 is 1. The maximum Gasteiger partial charge on any atom is 0.322 e. The lowest BCUT2D eigenvalue weighted by Gasteiger charge is -2.31. The summed E-state index contributed by atoms with van der Waals surface area (Å²) in [6, 6.07) is 6.80. The molecule has 3 rings (SSSR count). The van der Waals surface area contributed by atoms with E-state index >= 15 is 0 Å². The zero-order valence-electron chi connectivity index (χ0n) is 13.6. The topological polar surface area (TPSA) is 61.9 Å². The van der Waals surface area contributed by atoms with E-state index < -0.39 is 6.04 Å². The summed E-state index contributed by atoms with van der Waals surface area (Å²) in [7, 11) is 3.29. The lowest BCUT2D eigenvalue weighted by atomic mass is 9.95. The first-order valence-corrected chi connectivity index (χ1v) is 7.78. The van der Waals surface area contributed by atoms with Crippen LogP contribution in [0.2, 0.25) is 0 Å². The largest absolute Gasteiger partial charge is 0.496 e. The molecule has 3 amide bonds. The Kier molecular flexibility index (Phi) is 3.98. The average molecular weight is 315 g/mol. The number of carbonyl (C=O) groups is 2. The van der Waals surface area contributed by atoms with Gasteiger partial charge in [-0.2, -0.15) is 0 Å². The summed E-state index contributed by atoms with van der Waals surface area (Å²) in [5.74, 6) is 0.653. The summed E-state index contributed by atoms with van der Waals surface area (Å²) in [6.07, 6.45) is 0.886. The highest BCUT2D eigenvalue weighted by Crippen LogP contribution is 2.38. The number of para-hydroxylation sites is 1. The molecule has 1 N–H and O–H groups in total. The molecule has 0 saturated carbocycles. The average Bonchev–Trinajstić information content (AvgIpc) is 2.89. The second kappa shape index (κ2) is 5.95. The Morgan fingerprint density at radius 3 is 2.74 bits per heavy atom. The highest BCUT2D eigenvalue weighted by molar-refractivity contribution is 6.01. The maximum atomic E-state index is 12.8. The van der Waals surface area contributed by atoms with Crippen molar-refractivity contribution in [1.82, 2.24) is 15.1 Å². The van der Waals surface area contributed by atoms with Crippen molar-refractivity contribution >= 4 is 11.9 Å². The number of likely N-dealkylation sites (N-methyl/N-ethyl adjacent to an activating group) is 1. The molecule has 23 heavy (non-hydrogen) atoms. The fraction of sp³-hybridized carbons (Fsp3) is 0.412. The van der Waals surface area contributed by atoms with Gasteiger partial charge in [0.1, 0.15) is 5.75 Å². The Bertz CT molecular complexity index is 683. The Hall–Kier alpha value is -2.50. The second-order valence-corrected chi connectivity index (χ2v) is 5.77. The van der Waals surface area contributed by atoms with E-state index in [-0.39, 0.29) is 11.9 Å². The first-order chi connectivity index (χ1) is 11.1. The molecule has 0 aliphatic carbocycles. The molecule has 122 valence electrons. The van der Waals surface area contributed by atoms with E-state index in [9.17, 15) is 9.59 Å². The van der Waals surface area contributed by atoms with E-state index in [0.29, 0.717) is 24.4 Å². The monoisotopic (exact) mass is 315 g/mol. The van der Waals surface area contributed by atoms with E-state index in [0.717, 1.165) is 17.7 Å². The van der Waals surface area contributed by atoms with Crippen LogP contribution in [0.3, 0.4) is 0 Å². The molecule has 1 atom stereocenters. The van der Waals surface area contributed by atoms with Crippen LogP contribution in [-0.2, 0) is 4.79 Å². The summed E-state index contributed by atoms with van der Waals surface area (Å²) >= 11 is 0. The zero-order valence-corrected chi connectivity index (χ0v) is 13.6. The van der Waals surface area contributed by atoms with Crippen molar-refractivity contribution in [3.8, 4) is 5.75 Å². The molecular weight excluding hydrogens is 294 g/mol. The van der Waals surface area contributed by atoms with Gasteiger partial charge in [-0.3, -0.25) is 9.69 Å². The summed E-state index contributed by atoms with van der Waals surface area (Å²) in [4.78, 5) is 28.4. The third-order valence-electron chi connectivity index (χ3n) is 4.38. The molecule has 0 bridgehead atoms. The lowest BCUT2D eigenvalue weighted by Crippen LogP contribution is -2.45. The van der Waals surface area contributed by atoms with E-state index in [1.807, 2.05) is 31.2 Å². The highest BCUT2D eigenvalue weighted by Gasteiger charge is 2.43. The van der Waals surface area contributed by atoms with Gasteiger partial charge in [0.15, 0.2) is 0 Å².